The molecular formula is C21H26N2O. The van der Waals surface area contributed by atoms with Gasteiger partial charge in [0.2, 0.25) is 5.91 Å². The Morgan fingerprint density at radius 1 is 0.958 bits per heavy atom. The van der Waals surface area contributed by atoms with Crippen molar-refractivity contribution in [1.82, 2.24) is 4.90 Å². The van der Waals surface area contributed by atoms with Crippen LogP contribution in [0.4, 0.5) is 5.69 Å². The molecule has 24 heavy (non-hydrogen) atoms. The van der Waals surface area contributed by atoms with Gasteiger partial charge in [-0.15, -0.1) is 0 Å². The minimum Gasteiger partial charge on any atom is -0.310 e. The Labute approximate surface area is 144 Å². The second-order valence-electron chi connectivity index (χ2n) is 6.49. The van der Waals surface area contributed by atoms with Crippen molar-refractivity contribution in [3.63, 3.8) is 0 Å². The largest absolute Gasteiger partial charge is 0.310 e. The molecule has 0 aromatic heterocycles. The molecule has 3 nitrogen and oxygen atoms in total. The summed E-state index contributed by atoms with van der Waals surface area (Å²) in [7, 11) is 0. The maximum atomic E-state index is 13.4. The van der Waals surface area contributed by atoms with Crippen LogP contribution in [0.2, 0.25) is 0 Å². The summed E-state index contributed by atoms with van der Waals surface area (Å²) in [5, 5.41) is 0. The number of carbonyl (C=O) groups is 1. The van der Waals surface area contributed by atoms with Crippen LogP contribution in [0.25, 0.3) is 0 Å². The zero-order valence-electron chi connectivity index (χ0n) is 14.8. The highest BCUT2D eigenvalue weighted by atomic mass is 16.2. The molecule has 0 saturated carbocycles. The summed E-state index contributed by atoms with van der Waals surface area (Å²) in [6, 6.07) is 18.3. The van der Waals surface area contributed by atoms with Crippen LogP contribution in [0.15, 0.2) is 54.6 Å². The first-order valence-corrected chi connectivity index (χ1v) is 8.82. The maximum absolute atomic E-state index is 13.4. The van der Waals surface area contributed by atoms with Gasteiger partial charge in [-0.25, -0.2) is 0 Å². The van der Waals surface area contributed by atoms with Crippen LogP contribution in [-0.2, 0) is 10.2 Å². The molecule has 1 unspecified atom stereocenters. The molecule has 1 aliphatic heterocycles. The van der Waals surface area contributed by atoms with Crippen LogP contribution in [0.1, 0.15) is 31.9 Å². The van der Waals surface area contributed by atoms with E-state index >= 15 is 0 Å². The lowest BCUT2D eigenvalue weighted by Crippen LogP contribution is -2.42. The molecule has 0 fully saturated rings. The molecule has 3 rings (SSSR count). The number of rotatable bonds is 6. The highest BCUT2D eigenvalue weighted by Gasteiger charge is 2.48. The molecule has 1 atom stereocenters. The number of hydrogen-bond acceptors (Lipinski definition) is 2. The lowest BCUT2D eigenvalue weighted by Gasteiger charge is -2.27. The third-order valence-corrected chi connectivity index (χ3v) is 5.29. The van der Waals surface area contributed by atoms with Gasteiger partial charge in [0.15, 0.2) is 0 Å². The molecule has 2 aromatic rings. The van der Waals surface area contributed by atoms with Crippen LogP contribution in [-0.4, -0.2) is 37.0 Å². The average molecular weight is 322 g/mol. The summed E-state index contributed by atoms with van der Waals surface area (Å²) in [6.45, 7) is 10.0. The second-order valence-corrected chi connectivity index (χ2v) is 6.49. The molecule has 1 amide bonds. The molecule has 2 aromatic carbocycles. The molecule has 126 valence electrons. The quantitative estimate of drug-likeness (QED) is 0.810. The monoisotopic (exact) mass is 322 g/mol. The van der Waals surface area contributed by atoms with E-state index in [4.69, 9.17) is 0 Å². The smallest absolute Gasteiger partial charge is 0.241 e. The van der Waals surface area contributed by atoms with E-state index in [1.807, 2.05) is 35.2 Å². The van der Waals surface area contributed by atoms with Crippen molar-refractivity contribution < 1.29 is 4.79 Å². The molecule has 3 heteroatoms. The molecule has 0 N–H and O–H groups in total. The number of hydrogen-bond donors (Lipinski definition) is 0. The van der Waals surface area contributed by atoms with Gasteiger partial charge in [0.05, 0.1) is 5.41 Å². The number of carbonyl (C=O) groups excluding carboxylic acids is 1. The number of anilines is 1. The Kier molecular flexibility index (Phi) is 4.72. The lowest BCUT2D eigenvalue weighted by molar-refractivity contribution is -0.121. The molecule has 0 aliphatic carbocycles. The van der Waals surface area contributed by atoms with Gasteiger partial charge in [0.1, 0.15) is 0 Å². The third kappa shape index (κ3) is 2.63. The predicted molar refractivity (Wildman–Crippen MR) is 99.5 cm³/mol. The molecular weight excluding hydrogens is 296 g/mol. The van der Waals surface area contributed by atoms with Gasteiger partial charge >= 0.3 is 0 Å². The number of fused-ring (bicyclic) bond motifs is 1. The van der Waals surface area contributed by atoms with E-state index in [2.05, 4.69) is 49.9 Å². The van der Waals surface area contributed by atoms with Gasteiger partial charge < -0.3 is 9.80 Å². The van der Waals surface area contributed by atoms with Crippen LogP contribution >= 0.6 is 0 Å². The fourth-order valence-electron chi connectivity index (χ4n) is 3.68. The van der Waals surface area contributed by atoms with E-state index in [9.17, 15) is 4.79 Å². The number of benzene rings is 2. The van der Waals surface area contributed by atoms with Crippen molar-refractivity contribution in [3.05, 3.63) is 65.7 Å². The zero-order chi connectivity index (χ0) is 17.2. The van der Waals surface area contributed by atoms with E-state index in [0.717, 1.165) is 43.0 Å². The summed E-state index contributed by atoms with van der Waals surface area (Å²) in [6.07, 6.45) is 0. The summed E-state index contributed by atoms with van der Waals surface area (Å²) in [5.41, 5.74) is 2.63. The van der Waals surface area contributed by atoms with Crippen LogP contribution < -0.4 is 4.90 Å². The first-order valence-electron chi connectivity index (χ1n) is 8.82. The maximum Gasteiger partial charge on any atom is 0.241 e. The Morgan fingerprint density at radius 2 is 1.58 bits per heavy atom. The van der Waals surface area contributed by atoms with Crippen molar-refractivity contribution in [2.45, 2.75) is 26.2 Å². The van der Waals surface area contributed by atoms with Gasteiger partial charge in [-0.2, -0.15) is 0 Å². The topological polar surface area (TPSA) is 23.6 Å². The Hall–Kier alpha value is -2.13. The van der Waals surface area contributed by atoms with Crippen LogP contribution in [0, 0.1) is 0 Å². The highest BCUT2D eigenvalue weighted by molar-refractivity contribution is 6.10. The first kappa shape index (κ1) is 16.7. The lowest BCUT2D eigenvalue weighted by atomic mass is 9.77. The molecule has 0 saturated heterocycles. The minimum atomic E-state index is -0.596. The van der Waals surface area contributed by atoms with Crippen LogP contribution in [0.3, 0.4) is 0 Å². The number of nitrogens with zero attached hydrogens (tertiary/aromatic N) is 2. The SMILES string of the molecule is CCN(CC)CCN1C(=O)C(C)(c2ccccc2)c2ccccc21. The predicted octanol–water partition coefficient (Wildman–Crippen LogP) is 3.68. The fourth-order valence-corrected chi connectivity index (χ4v) is 3.68. The van der Waals surface area contributed by atoms with Crippen molar-refractivity contribution >= 4 is 11.6 Å². The van der Waals surface area contributed by atoms with E-state index in [1.54, 1.807) is 0 Å². The number of para-hydroxylation sites is 1. The number of likely N-dealkylation sites (N-methyl/N-ethyl adjacent to an activating group) is 1. The molecule has 0 radical (unpaired) electrons. The van der Waals surface area contributed by atoms with E-state index < -0.39 is 5.41 Å². The van der Waals surface area contributed by atoms with Gasteiger partial charge in [-0.3, -0.25) is 4.79 Å². The Bertz CT molecular complexity index is 709. The van der Waals surface area contributed by atoms with Crippen molar-refractivity contribution in [2.24, 2.45) is 0 Å². The summed E-state index contributed by atoms with van der Waals surface area (Å²) < 4.78 is 0. The number of amides is 1. The van der Waals surface area contributed by atoms with Crippen molar-refractivity contribution in [1.29, 1.82) is 0 Å². The summed E-state index contributed by atoms with van der Waals surface area (Å²) >= 11 is 0. The van der Waals surface area contributed by atoms with Crippen LogP contribution in [0.5, 0.6) is 0 Å². The first-order chi connectivity index (χ1) is 11.6. The van der Waals surface area contributed by atoms with Gasteiger partial charge in [-0.05, 0) is 37.2 Å². The second kappa shape index (κ2) is 6.78. The van der Waals surface area contributed by atoms with E-state index in [0.29, 0.717) is 0 Å². The van der Waals surface area contributed by atoms with Gasteiger partial charge in [0, 0.05) is 18.8 Å². The third-order valence-electron chi connectivity index (χ3n) is 5.29. The fraction of sp³-hybridized carbons (Fsp3) is 0.381. The molecule has 0 spiro atoms. The van der Waals surface area contributed by atoms with E-state index in [-0.39, 0.29) is 5.91 Å². The minimum absolute atomic E-state index is 0.182. The van der Waals surface area contributed by atoms with E-state index in [1.165, 1.54) is 0 Å². The van der Waals surface area contributed by atoms with Gasteiger partial charge in [0.25, 0.3) is 0 Å². The Balaban J connectivity index is 1.98. The summed E-state index contributed by atoms with van der Waals surface area (Å²) in [4.78, 5) is 17.7. The van der Waals surface area contributed by atoms with Gasteiger partial charge in [-0.1, -0.05) is 62.4 Å². The molecule has 0 bridgehead atoms. The van der Waals surface area contributed by atoms with Crippen molar-refractivity contribution in [3.8, 4) is 0 Å². The zero-order valence-corrected chi connectivity index (χ0v) is 14.8. The van der Waals surface area contributed by atoms with Crippen molar-refractivity contribution in [2.75, 3.05) is 31.1 Å². The molecule has 1 aliphatic rings. The Morgan fingerprint density at radius 3 is 2.25 bits per heavy atom. The normalized spacial score (nSPS) is 19.8. The standard InChI is InChI=1S/C21H26N2O/c1-4-22(5-2)15-16-23-19-14-10-9-13-18(19)21(3,20(23)24)17-11-7-6-8-12-17/h6-14H,4-5,15-16H2,1-3H3. The highest BCUT2D eigenvalue weighted by Crippen LogP contribution is 2.45. The summed E-state index contributed by atoms with van der Waals surface area (Å²) in [5.74, 6) is 0.182. The molecule has 1 heterocycles. The average Bonchev–Trinajstić information content (AvgIpc) is 2.86.